The number of hydrogen-bond donors (Lipinski definition) is 0. The SMILES string of the molecule is COC(=O)C(=Cc1cc(C)cc(C)c1)c1ccc2ccccc2c1. The van der Waals surface area contributed by atoms with Crippen LogP contribution >= 0.6 is 0 Å². The van der Waals surface area contributed by atoms with E-state index in [1.807, 2.05) is 42.5 Å². The third kappa shape index (κ3) is 3.38. The fraction of sp³-hybridized carbons (Fsp3) is 0.136. The van der Waals surface area contributed by atoms with Crippen molar-refractivity contribution in [2.24, 2.45) is 0 Å². The quantitative estimate of drug-likeness (QED) is 0.378. The Morgan fingerprint density at radius 1 is 0.875 bits per heavy atom. The Kier molecular flexibility index (Phi) is 4.48. The summed E-state index contributed by atoms with van der Waals surface area (Å²) in [5, 5.41) is 2.25. The first-order valence-corrected chi connectivity index (χ1v) is 7.94. The third-order valence-corrected chi connectivity index (χ3v) is 4.02. The molecule has 0 amide bonds. The fourth-order valence-electron chi connectivity index (χ4n) is 2.99. The van der Waals surface area contributed by atoms with Crippen LogP contribution in [0.3, 0.4) is 0 Å². The Labute approximate surface area is 142 Å². The fourth-order valence-corrected chi connectivity index (χ4v) is 2.99. The average Bonchev–Trinajstić information content (AvgIpc) is 2.58. The molecule has 120 valence electrons. The van der Waals surface area contributed by atoms with Gasteiger partial charge in [0.1, 0.15) is 0 Å². The summed E-state index contributed by atoms with van der Waals surface area (Å²) in [5.74, 6) is -0.329. The summed E-state index contributed by atoms with van der Waals surface area (Å²) in [6.45, 7) is 4.11. The van der Waals surface area contributed by atoms with Crippen LogP contribution in [0.2, 0.25) is 0 Å². The standard InChI is InChI=1S/C22H20O2/c1-15-10-16(2)12-17(11-15)13-21(22(23)24-3)20-9-8-18-6-4-5-7-19(18)14-20/h4-14H,1-3H3. The molecule has 0 bridgehead atoms. The van der Waals surface area contributed by atoms with Crippen molar-refractivity contribution in [1.29, 1.82) is 0 Å². The predicted molar refractivity (Wildman–Crippen MR) is 99.8 cm³/mol. The van der Waals surface area contributed by atoms with Gasteiger partial charge < -0.3 is 4.74 Å². The molecule has 0 unspecified atom stereocenters. The van der Waals surface area contributed by atoms with Gasteiger partial charge in [-0.1, -0.05) is 65.7 Å². The highest BCUT2D eigenvalue weighted by Crippen LogP contribution is 2.25. The van der Waals surface area contributed by atoms with Crippen LogP contribution in [0.1, 0.15) is 22.3 Å². The van der Waals surface area contributed by atoms with Crippen molar-refractivity contribution in [3.63, 3.8) is 0 Å². The monoisotopic (exact) mass is 316 g/mol. The summed E-state index contributed by atoms with van der Waals surface area (Å²) in [7, 11) is 1.42. The highest BCUT2D eigenvalue weighted by atomic mass is 16.5. The maximum absolute atomic E-state index is 12.3. The number of benzene rings is 3. The van der Waals surface area contributed by atoms with E-state index in [2.05, 4.69) is 38.1 Å². The van der Waals surface area contributed by atoms with Gasteiger partial charge in [0, 0.05) is 0 Å². The van der Waals surface area contributed by atoms with Crippen molar-refractivity contribution < 1.29 is 9.53 Å². The van der Waals surface area contributed by atoms with E-state index in [-0.39, 0.29) is 5.97 Å². The molecule has 3 aromatic rings. The lowest BCUT2D eigenvalue weighted by Crippen LogP contribution is -2.04. The van der Waals surface area contributed by atoms with Crippen LogP contribution in [0.25, 0.3) is 22.4 Å². The molecule has 2 heteroatoms. The molecule has 0 fully saturated rings. The van der Waals surface area contributed by atoms with Crippen molar-refractivity contribution in [1.82, 2.24) is 0 Å². The molecular formula is C22H20O2. The molecule has 24 heavy (non-hydrogen) atoms. The lowest BCUT2D eigenvalue weighted by molar-refractivity contribution is -0.133. The Balaban J connectivity index is 2.14. The molecule has 0 saturated heterocycles. The van der Waals surface area contributed by atoms with Gasteiger partial charge in [-0.25, -0.2) is 4.79 Å². The lowest BCUT2D eigenvalue weighted by Gasteiger charge is -2.09. The van der Waals surface area contributed by atoms with E-state index >= 15 is 0 Å². The van der Waals surface area contributed by atoms with Gasteiger partial charge in [0.05, 0.1) is 12.7 Å². The lowest BCUT2D eigenvalue weighted by atomic mass is 9.98. The largest absolute Gasteiger partial charge is 0.465 e. The van der Waals surface area contributed by atoms with Crippen LogP contribution < -0.4 is 0 Å². The number of carbonyl (C=O) groups excluding carboxylic acids is 1. The van der Waals surface area contributed by atoms with Crippen molar-refractivity contribution in [2.45, 2.75) is 13.8 Å². The van der Waals surface area contributed by atoms with Gasteiger partial charge in [-0.2, -0.15) is 0 Å². The van der Waals surface area contributed by atoms with E-state index in [9.17, 15) is 4.79 Å². The molecule has 0 aliphatic rings. The zero-order valence-electron chi connectivity index (χ0n) is 14.2. The molecule has 0 N–H and O–H groups in total. The van der Waals surface area contributed by atoms with E-state index < -0.39 is 0 Å². The molecule has 0 saturated carbocycles. The summed E-state index contributed by atoms with van der Waals surface area (Å²) >= 11 is 0. The molecule has 3 aromatic carbocycles. The summed E-state index contributed by atoms with van der Waals surface area (Å²) in [6.07, 6.45) is 1.90. The highest BCUT2D eigenvalue weighted by molar-refractivity contribution is 6.22. The minimum atomic E-state index is -0.329. The van der Waals surface area contributed by atoms with Crippen LogP contribution in [-0.4, -0.2) is 13.1 Å². The molecule has 0 spiro atoms. The van der Waals surface area contributed by atoms with Crippen LogP contribution in [-0.2, 0) is 9.53 Å². The zero-order chi connectivity index (χ0) is 17.1. The van der Waals surface area contributed by atoms with Gasteiger partial charge in [0.2, 0.25) is 0 Å². The summed E-state index contributed by atoms with van der Waals surface area (Å²) in [5.41, 5.74) is 4.77. The van der Waals surface area contributed by atoms with Gasteiger partial charge >= 0.3 is 5.97 Å². The molecule has 3 rings (SSSR count). The molecule has 0 aliphatic heterocycles. The van der Waals surface area contributed by atoms with E-state index in [4.69, 9.17) is 4.74 Å². The Morgan fingerprint density at radius 3 is 2.21 bits per heavy atom. The number of carbonyl (C=O) groups is 1. The van der Waals surface area contributed by atoms with Crippen molar-refractivity contribution in [2.75, 3.05) is 7.11 Å². The van der Waals surface area contributed by atoms with Gasteiger partial charge in [-0.15, -0.1) is 0 Å². The maximum Gasteiger partial charge on any atom is 0.338 e. The topological polar surface area (TPSA) is 26.3 Å². The maximum atomic E-state index is 12.3. The molecule has 0 aromatic heterocycles. The number of methoxy groups -OCH3 is 1. The number of hydrogen-bond acceptors (Lipinski definition) is 2. The molecule has 0 atom stereocenters. The second-order valence-electron chi connectivity index (χ2n) is 6.03. The number of fused-ring (bicyclic) bond motifs is 1. The minimum Gasteiger partial charge on any atom is -0.465 e. The molecule has 0 aliphatic carbocycles. The van der Waals surface area contributed by atoms with Gasteiger partial charge in [-0.05, 0) is 47.9 Å². The van der Waals surface area contributed by atoms with E-state index in [0.717, 1.165) is 21.9 Å². The van der Waals surface area contributed by atoms with Gasteiger partial charge in [0.15, 0.2) is 0 Å². The van der Waals surface area contributed by atoms with E-state index in [1.165, 1.54) is 18.2 Å². The number of esters is 1. The molecular weight excluding hydrogens is 296 g/mol. The number of aryl methyl sites for hydroxylation is 2. The second kappa shape index (κ2) is 6.71. The first-order chi connectivity index (χ1) is 11.6. The predicted octanol–water partition coefficient (Wildman–Crippen LogP) is 5.17. The third-order valence-electron chi connectivity index (χ3n) is 4.02. The normalized spacial score (nSPS) is 11.5. The molecule has 0 heterocycles. The zero-order valence-corrected chi connectivity index (χ0v) is 14.2. The van der Waals surface area contributed by atoms with Crippen LogP contribution in [0.4, 0.5) is 0 Å². The second-order valence-corrected chi connectivity index (χ2v) is 6.03. The smallest absolute Gasteiger partial charge is 0.338 e. The first-order valence-electron chi connectivity index (χ1n) is 7.94. The molecule has 0 radical (unpaired) electrons. The van der Waals surface area contributed by atoms with Crippen molar-refractivity contribution in [3.8, 4) is 0 Å². The van der Waals surface area contributed by atoms with Crippen LogP contribution in [0.15, 0.2) is 60.7 Å². The summed E-state index contributed by atoms with van der Waals surface area (Å²) < 4.78 is 5.00. The average molecular weight is 316 g/mol. The Hall–Kier alpha value is -2.87. The van der Waals surface area contributed by atoms with Gasteiger partial charge in [-0.3, -0.25) is 0 Å². The van der Waals surface area contributed by atoms with Gasteiger partial charge in [0.25, 0.3) is 0 Å². The van der Waals surface area contributed by atoms with Crippen molar-refractivity contribution >= 4 is 28.4 Å². The Morgan fingerprint density at radius 2 is 1.54 bits per heavy atom. The van der Waals surface area contributed by atoms with Crippen molar-refractivity contribution in [3.05, 3.63) is 82.9 Å². The Bertz CT molecular complexity index is 915. The van der Waals surface area contributed by atoms with Crippen LogP contribution in [0, 0.1) is 13.8 Å². The molecule has 2 nitrogen and oxygen atoms in total. The summed E-state index contributed by atoms with van der Waals surface area (Å²) in [4.78, 5) is 12.3. The minimum absolute atomic E-state index is 0.329. The summed E-state index contributed by atoms with van der Waals surface area (Å²) in [6, 6.07) is 20.4. The van der Waals surface area contributed by atoms with Crippen LogP contribution in [0.5, 0.6) is 0 Å². The van der Waals surface area contributed by atoms with E-state index in [1.54, 1.807) is 0 Å². The number of rotatable bonds is 3. The first kappa shape index (κ1) is 16.0. The van der Waals surface area contributed by atoms with E-state index in [0.29, 0.717) is 5.57 Å². The number of ether oxygens (including phenoxy) is 1. The highest BCUT2D eigenvalue weighted by Gasteiger charge is 2.13.